The molecule has 0 saturated carbocycles. The van der Waals surface area contributed by atoms with Crippen molar-refractivity contribution in [3.05, 3.63) is 46.7 Å². The van der Waals surface area contributed by atoms with E-state index in [1.165, 1.54) is 0 Å². The molecule has 3 heterocycles. The van der Waals surface area contributed by atoms with Crippen molar-refractivity contribution < 1.29 is 9.21 Å². The number of nitrogens with one attached hydrogen (secondary N) is 1. The van der Waals surface area contributed by atoms with Crippen molar-refractivity contribution in [3.8, 4) is 0 Å². The van der Waals surface area contributed by atoms with Crippen LogP contribution >= 0.6 is 0 Å². The van der Waals surface area contributed by atoms with Gasteiger partial charge < -0.3 is 14.6 Å². The summed E-state index contributed by atoms with van der Waals surface area (Å²) in [6.07, 6.45) is 2.56. The Bertz CT molecular complexity index is 879. The summed E-state index contributed by atoms with van der Waals surface area (Å²) in [6, 6.07) is 7.81. The molecule has 6 heteroatoms. The fourth-order valence-electron chi connectivity index (χ4n) is 3.15. The van der Waals surface area contributed by atoms with Crippen LogP contribution in [0.4, 0.5) is 11.6 Å². The van der Waals surface area contributed by atoms with Crippen molar-refractivity contribution in [2.24, 2.45) is 9.98 Å². The van der Waals surface area contributed by atoms with E-state index in [4.69, 9.17) is 4.42 Å². The van der Waals surface area contributed by atoms with Crippen LogP contribution in [0.5, 0.6) is 0 Å². The first kappa shape index (κ1) is 14.7. The van der Waals surface area contributed by atoms with Crippen LogP contribution in [0, 0.1) is 6.92 Å². The molecule has 0 atom stereocenters. The number of para-hydroxylation sites is 1. The van der Waals surface area contributed by atoms with Gasteiger partial charge in [0.1, 0.15) is 17.9 Å². The van der Waals surface area contributed by atoms with Crippen LogP contribution in [0.2, 0.25) is 0 Å². The summed E-state index contributed by atoms with van der Waals surface area (Å²) in [6.45, 7) is 5.33. The summed E-state index contributed by atoms with van der Waals surface area (Å²) in [7, 11) is 0. The summed E-state index contributed by atoms with van der Waals surface area (Å²) in [5.41, 5.74) is 3.12. The first-order valence-electron chi connectivity index (χ1n) is 8.07. The summed E-state index contributed by atoms with van der Waals surface area (Å²) in [4.78, 5) is 23.7. The molecule has 122 valence electrons. The number of aliphatic imine (C=N–C) groups is 2. The van der Waals surface area contributed by atoms with Crippen molar-refractivity contribution in [1.29, 1.82) is 0 Å². The summed E-state index contributed by atoms with van der Waals surface area (Å²) >= 11 is 0. The van der Waals surface area contributed by atoms with E-state index in [1.54, 1.807) is 13.3 Å². The molecular weight excluding hydrogens is 304 g/mol. The van der Waals surface area contributed by atoms with Gasteiger partial charge in [0.15, 0.2) is 0 Å². The lowest BCUT2D eigenvalue weighted by Gasteiger charge is -2.18. The third-order valence-corrected chi connectivity index (χ3v) is 4.35. The summed E-state index contributed by atoms with van der Waals surface area (Å²) in [5, 5.41) is 3.01. The summed E-state index contributed by atoms with van der Waals surface area (Å²) < 4.78 is 5.69. The van der Waals surface area contributed by atoms with Gasteiger partial charge >= 0.3 is 0 Å². The van der Waals surface area contributed by atoms with Crippen molar-refractivity contribution in [3.63, 3.8) is 0 Å². The monoisotopic (exact) mass is 322 g/mol. The number of anilines is 1. The fourth-order valence-corrected chi connectivity index (χ4v) is 3.15. The Morgan fingerprint density at radius 1 is 1.38 bits per heavy atom. The highest BCUT2D eigenvalue weighted by molar-refractivity contribution is 6.19. The number of hydrogen-bond acceptors (Lipinski definition) is 5. The lowest BCUT2D eigenvalue weighted by atomic mass is 10.1. The maximum Gasteiger partial charge on any atom is 0.260 e. The molecule has 0 bridgehead atoms. The van der Waals surface area contributed by atoms with Gasteiger partial charge in [0.05, 0.1) is 17.7 Å². The van der Waals surface area contributed by atoms with Gasteiger partial charge in [-0.25, -0.2) is 4.99 Å². The number of carbonyl (C=O) groups is 1. The van der Waals surface area contributed by atoms with Gasteiger partial charge in [-0.05, 0) is 25.0 Å². The number of benzene rings is 1. The zero-order chi connectivity index (χ0) is 16.7. The number of amides is 1. The van der Waals surface area contributed by atoms with E-state index < -0.39 is 0 Å². The number of amidine groups is 1. The number of hydrogen-bond donors (Lipinski definition) is 1. The van der Waals surface area contributed by atoms with E-state index in [9.17, 15) is 4.79 Å². The van der Waals surface area contributed by atoms with Crippen molar-refractivity contribution in [2.75, 3.05) is 18.4 Å². The van der Waals surface area contributed by atoms with Gasteiger partial charge in [-0.2, -0.15) is 0 Å². The lowest BCUT2D eigenvalue weighted by molar-refractivity contribution is 0.102. The Morgan fingerprint density at radius 3 is 3.04 bits per heavy atom. The van der Waals surface area contributed by atoms with Crippen LogP contribution in [0.15, 0.2) is 38.7 Å². The van der Waals surface area contributed by atoms with Crippen molar-refractivity contribution in [1.82, 2.24) is 4.90 Å². The average molecular weight is 322 g/mol. The molecule has 0 unspecified atom stereocenters. The second-order valence-corrected chi connectivity index (χ2v) is 5.82. The summed E-state index contributed by atoms with van der Waals surface area (Å²) in [5.74, 6) is 1.59. The Kier molecular flexibility index (Phi) is 3.45. The Hall–Kier alpha value is -2.89. The quantitative estimate of drug-likeness (QED) is 0.943. The molecule has 2 aliphatic heterocycles. The van der Waals surface area contributed by atoms with Crippen LogP contribution < -0.4 is 5.32 Å². The average Bonchev–Trinajstić information content (AvgIpc) is 3.18. The molecule has 6 nitrogen and oxygen atoms in total. The number of nitrogens with zero attached hydrogens (tertiary/aromatic N) is 3. The first-order valence-corrected chi connectivity index (χ1v) is 8.07. The molecule has 2 aliphatic rings. The second-order valence-electron chi connectivity index (χ2n) is 5.82. The number of aryl methyl sites for hydroxylation is 2. The number of fused-ring (bicyclic) bond motifs is 3. The smallest absolute Gasteiger partial charge is 0.260 e. The minimum atomic E-state index is -0.190. The zero-order valence-electron chi connectivity index (χ0n) is 13.7. The predicted molar refractivity (Wildman–Crippen MR) is 93.5 cm³/mol. The molecule has 2 aromatic rings. The van der Waals surface area contributed by atoms with E-state index in [-0.39, 0.29) is 5.91 Å². The van der Waals surface area contributed by atoms with Gasteiger partial charge in [-0.1, -0.05) is 25.1 Å². The number of carbonyl (C=O) groups excluding carboxylic acids is 1. The molecule has 1 aromatic heterocycles. The SMILES string of the molecule is CCc1ccccc1NC(=O)c1c(C)oc2c1C1=NCCN1C=N2. The highest BCUT2D eigenvalue weighted by Crippen LogP contribution is 2.34. The topological polar surface area (TPSA) is 70.2 Å². The highest BCUT2D eigenvalue weighted by atomic mass is 16.4. The molecule has 1 aromatic carbocycles. The minimum absolute atomic E-state index is 0.190. The molecule has 4 rings (SSSR count). The molecule has 1 N–H and O–H groups in total. The third-order valence-electron chi connectivity index (χ3n) is 4.35. The highest BCUT2D eigenvalue weighted by Gasteiger charge is 2.33. The van der Waals surface area contributed by atoms with E-state index >= 15 is 0 Å². The number of rotatable bonds is 3. The van der Waals surface area contributed by atoms with Crippen LogP contribution in [0.3, 0.4) is 0 Å². The first-order chi connectivity index (χ1) is 11.7. The van der Waals surface area contributed by atoms with E-state index in [0.717, 1.165) is 30.1 Å². The fraction of sp³-hybridized carbons (Fsp3) is 0.278. The minimum Gasteiger partial charge on any atom is -0.442 e. The maximum absolute atomic E-state index is 12.9. The molecule has 0 fully saturated rings. The molecular formula is C18H18N4O2. The van der Waals surface area contributed by atoms with Gasteiger partial charge in [-0.3, -0.25) is 9.79 Å². The van der Waals surface area contributed by atoms with Gasteiger partial charge in [0.25, 0.3) is 5.91 Å². The van der Waals surface area contributed by atoms with Gasteiger partial charge in [0, 0.05) is 12.2 Å². The second kappa shape index (κ2) is 5.63. The molecule has 24 heavy (non-hydrogen) atoms. The van der Waals surface area contributed by atoms with Crippen LogP contribution in [-0.2, 0) is 6.42 Å². The van der Waals surface area contributed by atoms with Crippen molar-refractivity contribution >= 4 is 29.7 Å². The molecule has 1 amide bonds. The van der Waals surface area contributed by atoms with Crippen LogP contribution in [0.25, 0.3) is 0 Å². The Balaban J connectivity index is 1.74. The normalized spacial score (nSPS) is 15.1. The third kappa shape index (κ3) is 2.22. The molecule has 0 spiro atoms. The standard InChI is InChI=1S/C18H18N4O2/c1-3-12-6-4-5-7-13(12)21-17(23)14-11(2)24-18-15(14)16-19-8-9-22(16)10-20-18/h4-7,10H,3,8-9H2,1-2H3,(H,21,23). The van der Waals surface area contributed by atoms with E-state index in [0.29, 0.717) is 29.3 Å². The zero-order valence-corrected chi connectivity index (χ0v) is 13.7. The van der Waals surface area contributed by atoms with E-state index in [1.807, 2.05) is 29.2 Å². The van der Waals surface area contributed by atoms with Gasteiger partial charge in [-0.15, -0.1) is 0 Å². The molecule has 0 radical (unpaired) electrons. The van der Waals surface area contributed by atoms with Crippen LogP contribution in [0.1, 0.15) is 34.2 Å². The van der Waals surface area contributed by atoms with Crippen LogP contribution in [-0.4, -0.2) is 36.1 Å². The van der Waals surface area contributed by atoms with E-state index in [2.05, 4.69) is 22.2 Å². The molecule has 0 saturated heterocycles. The van der Waals surface area contributed by atoms with Crippen molar-refractivity contribution in [2.45, 2.75) is 20.3 Å². The number of furan rings is 1. The predicted octanol–water partition coefficient (Wildman–Crippen LogP) is 3.14. The largest absolute Gasteiger partial charge is 0.442 e. The van der Waals surface area contributed by atoms with Gasteiger partial charge in [0.2, 0.25) is 5.88 Å². The molecule has 0 aliphatic carbocycles. The lowest BCUT2D eigenvalue weighted by Crippen LogP contribution is -2.30. The maximum atomic E-state index is 12.9. The Morgan fingerprint density at radius 2 is 2.21 bits per heavy atom. The Labute approximate surface area is 139 Å².